The van der Waals surface area contributed by atoms with Gasteiger partial charge >= 0.3 is 0 Å². The highest BCUT2D eigenvalue weighted by molar-refractivity contribution is 6.17. The number of benzene rings is 4. The molecule has 0 aliphatic heterocycles. The van der Waals surface area contributed by atoms with Gasteiger partial charge in [0.1, 0.15) is 11.2 Å². The average molecular weight is 347 g/mol. The fraction of sp³-hybridized carbons (Fsp3) is 0.0400. The molecule has 0 aliphatic rings. The van der Waals surface area contributed by atoms with Crippen molar-refractivity contribution in [2.24, 2.45) is 7.05 Å². The van der Waals surface area contributed by atoms with Gasteiger partial charge < -0.3 is 8.98 Å². The first kappa shape index (κ1) is 14.6. The topological polar surface area (TPSA) is 18.1 Å². The maximum atomic E-state index is 6.19. The maximum absolute atomic E-state index is 6.19. The molecule has 4 aromatic carbocycles. The van der Waals surface area contributed by atoms with Crippen LogP contribution in [0.1, 0.15) is 0 Å². The molecule has 6 rings (SSSR count). The van der Waals surface area contributed by atoms with Crippen LogP contribution in [0.4, 0.5) is 0 Å². The summed E-state index contributed by atoms with van der Waals surface area (Å²) in [5.74, 6) is 0. The van der Waals surface area contributed by atoms with Crippen molar-refractivity contribution >= 4 is 43.7 Å². The third-order valence-electron chi connectivity index (χ3n) is 5.61. The Morgan fingerprint density at radius 3 is 2.22 bits per heavy atom. The molecule has 128 valence electrons. The van der Waals surface area contributed by atoms with Crippen molar-refractivity contribution in [3.63, 3.8) is 0 Å². The Morgan fingerprint density at radius 2 is 1.33 bits per heavy atom. The summed E-state index contributed by atoms with van der Waals surface area (Å²) in [5, 5.41) is 4.90. The van der Waals surface area contributed by atoms with E-state index in [2.05, 4.69) is 90.5 Å². The van der Waals surface area contributed by atoms with E-state index in [1.165, 1.54) is 43.7 Å². The highest BCUT2D eigenvalue weighted by Gasteiger charge is 2.14. The van der Waals surface area contributed by atoms with Gasteiger partial charge in [0.2, 0.25) is 0 Å². The molecule has 0 spiro atoms. The minimum absolute atomic E-state index is 0.935. The van der Waals surface area contributed by atoms with Crippen molar-refractivity contribution in [2.45, 2.75) is 0 Å². The Morgan fingerprint density at radius 1 is 0.556 bits per heavy atom. The van der Waals surface area contributed by atoms with Gasteiger partial charge in [0.25, 0.3) is 0 Å². The summed E-state index contributed by atoms with van der Waals surface area (Å²) in [6.07, 6.45) is 0. The average Bonchev–Trinajstić information content (AvgIpc) is 3.22. The fourth-order valence-corrected chi connectivity index (χ4v) is 4.24. The van der Waals surface area contributed by atoms with Crippen LogP contribution >= 0.6 is 0 Å². The van der Waals surface area contributed by atoms with Gasteiger partial charge in [-0.25, -0.2) is 0 Å². The highest BCUT2D eigenvalue weighted by atomic mass is 16.3. The molecule has 0 fully saturated rings. The van der Waals surface area contributed by atoms with E-state index in [4.69, 9.17) is 4.42 Å². The van der Waals surface area contributed by atoms with Crippen LogP contribution in [0.25, 0.3) is 54.9 Å². The zero-order chi connectivity index (χ0) is 18.0. The number of fused-ring (bicyclic) bond motifs is 6. The van der Waals surface area contributed by atoms with E-state index in [9.17, 15) is 0 Å². The molecule has 0 saturated heterocycles. The van der Waals surface area contributed by atoms with Crippen LogP contribution in [0.3, 0.4) is 0 Å². The van der Waals surface area contributed by atoms with Crippen molar-refractivity contribution < 1.29 is 4.42 Å². The third-order valence-corrected chi connectivity index (χ3v) is 5.61. The molecule has 2 nitrogen and oxygen atoms in total. The molecular weight excluding hydrogens is 330 g/mol. The van der Waals surface area contributed by atoms with Gasteiger partial charge in [-0.05, 0) is 35.4 Å². The number of hydrogen-bond donors (Lipinski definition) is 0. The summed E-state index contributed by atoms with van der Waals surface area (Å²) in [5.41, 5.74) is 6.75. The molecule has 0 atom stereocenters. The molecule has 0 bridgehead atoms. The molecular formula is C25H17NO. The Bertz CT molecular complexity index is 1470. The molecule has 0 saturated carbocycles. The Kier molecular flexibility index (Phi) is 2.84. The summed E-state index contributed by atoms with van der Waals surface area (Å²) in [6.45, 7) is 0. The second-order valence-corrected chi connectivity index (χ2v) is 7.12. The predicted octanol–water partition coefficient (Wildman–Crippen LogP) is 6.90. The maximum Gasteiger partial charge on any atom is 0.137 e. The highest BCUT2D eigenvalue weighted by Crippen LogP contribution is 2.37. The molecule has 6 aromatic rings. The van der Waals surface area contributed by atoms with Crippen LogP contribution in [0, 0.1) is 0 Å². The van der Waals surface area contributed by atoms with Crippen LogP contribution in [-0.2, 0) is 7.05 Å². The summed E-state index contributed by atoms with van der Waals surface area (Å²) < 4.78 is 8.43. The van der Waals surface area contributed by atoms with E-state index in [0.29, 0.717) is 0 Å². The fourth-order valence-electron chi connectivity index (χ4n) is 4.24. The van der Waals surface area contributed by atoms with Gasteiger partial charge in [-0.15, -0.1) is 0 Å². The van der Waals surface area contributed by atoms with Gasteiger partial charge in [-0.2, -0.15) is 0 Å². The molecule has 0 unspecified atom stereocenters. The van der Waals surface area contributed by atoms with Gasteiger partial charge in [0.05, 0.1) is 5.52 Å². The number of hydrogen-bond acceptors (Lipinski definition) is 1. The minimum atomic E-state index is 0.935. The number of aromatic nitrogens is 1. The van der Waals surface area contributed by atoms with Gasteiger partial charge in [-0.1, -0.05) is 54.6 Å². The van der Waals surface area contributed by atoms with Crippen molar-refractivity contribution in [1.29, 1.82) is 0 Å². The summed E-state index contributed by atoms with van der Waals surface area (Å²) >= 11 is 0. The first-order chi connectivity index (χ1) is 13.3. The molecule has 2 aromatic heterocycles. The van der Waals surface area contributed by atoms with Crippen molar-refractivity contribution in [1.82, 2.24) is 4.57 Å². The summed E-state index contributed by atoms with van der Waals surface area (Å²) in [6, 6.07) is 30.0. The quantitative estimate of drug-likeness (QED) is 0.316. The van der Waals surface area contributed by atoms with Gasteiger partial charge in [0, 0.05) is 40.2 Å². The lowest BCUT2D eigenvalue weighted by Gasteiger charge is -2.01. The predicted molar refractivity (Wildman–Crippen MR) is 113 cm³/mol. The SMILES string of the molecule is Cn1c2ccccc2c2cc3c(cc21)oc1ccc(-c2ccccc2)cc13. The van der Waals surface area contributed by atoms with E-state index in [1.807, 2.05) is 6.07 Å². The molecule has 0 radical (unpaired) electrons. The van der Waals surface area contributed by atoms with E-state index >= 15 is 0 Å². The number of aryl methyl sites for hydroxylation is 1. The first-order valence-corrected chi connectivity index (χ1v) is 9.18. The molecule has 0 aliphatic carbocycles. The van der Waals surface area contributed by atoms with Crippen LogP contribution < -0.4 is 0 Å². The second kappa shape index (κ2) is 5.24. The lowest BCUT2D eigenvalue weighted by atomic mass is 10.0. The van der Waals surface area contributed by atoms with E-state index in [0.717, 1.165) is 11.2 Å². The number of furan rings is 1. The second-order valence-electron chi connectivity index (χ2n) is 7.12. The van der Waals surface area contributed by atoms with Crippen molar-refractivity contribution in [2.75, 3.05) is 0 Å². The zero-order valence-corrected chi connectivity index (χ0v) is 14.9. The minimum Gasteiger partial charge on any atom is -0.456 e. The van der Waals surface area contributed by atoms with Crippen LogP contribution in [0.15, 0.2) is 89.3 Å². The van der Waals surface area contributed by atoms with E-state index in [1.54, 1.807) is 0 Å². The van der Waals surface area contributed by atoms with E-state index in [-0.39, 0.29) is 0 Å². The molecule has 0 amide bonds. The lowest BCUT2D eigenvalue weighted by molar-refractivity contribution is 0.669. The molecule has 2 heterocycles. The molecule has 2 heteroatoms. The smallest absolute Gasteiger partial charge is 0.137 e. The Labute approximate surface area is 156 Å². The van der Waals surface area contributed by atoms with Crippen LogP contribution in [-0.4, -0.2) is 4.57 Å². The zero-order valence-electron chi connectivity index (χ0n) is 14.9. The normalized spacial score (nSPS) is 11.9. The summed E-state index contributed by atoms with van der Waals surface area (Å²) in [7, 11) is 2.12. The standard InChI is InChI=1S/C25H17NO/c1-26-22-10-6-5-9-18(22)19-14-21-20-13-17(16-7-3-2-4-8-16)11-12-24(20)27-25(21)15-23(19)26/h2-15H,1H3. The van der Waals surface area contributed by atoms with E-state index < -0.39 is 0 Å². The Balaban J connectivity index is 1.71. The summed E-state index contributed by atoms with van der Waals surface area (Å²) in [4.78, 5) is 0. The lowest BCUT2D eigenvalue weighted by Crippen LogP contribution is -1.85. The monoisotopic (exact) mass is 347 g/mol. The molecule has 0 N–H and O–H groups in total. The Hall–Kier alpha value is -3.52. The number of nitrogens with zero attached hydrogens (tertiary/aromatic N) is 1. The van der Waals surface area contributed by atoms with Crippen molar-refractivity contribution in [3.05, 3.63) is 84.9 Å². The third kappa shape index (κ3) is 2.01. The van der Waals surface area contributed by atoms with Crippen LogP contribution in [0.2, 0.25) is 0 Å². The van der Waals surface area contributed by atoms with Crippen LogP contribution in [0.5, 0.6) is 0 Å². The molecule has 27 heavy (non-hydrogen) atoms. The number of rotatable bonds is 1. The first-order valence-electron chi connectivity index (χ1n) is 9.18. The van der Waals surface area contributed by atoms with Gasteiger partial charge in [0.15, 0.2) is 0 Å². The largest absolute Gasteiger partial charge is 0.456 e. The van der Waals surface area contributed by atoms with Crippen molar-refractivity contribution in [3.8, 4) is 11.1 Å². The number of para-hydroxylation sites is 1. The van der Waals surface area contributed by atoms with Gasteiger partial charge in [-0.3, -0.25) is 0 Å².